The third-order valence-corrected chi connectivity index (χ3v) is 5.30. The first-order valence-corrected chi connectivity index (χ1v) is 11.9. The lowest BCUT2D eigenvalue weighted by atomic mass is 10.1. The predicted molar refractivity (Wildman–Crippen MR) is 123 cm³/mol. The summed E-state index contributed by atoms with van der Waals surface area (Å²) in [4.78, 5) is 59.8. The fourth-order valence-electron chi connectivity index (χ4n) is 2.70. The zero-order valence-electron chi connectivity index (χ0n) is 18.7. The largest absolute Gasteiger partial charge is 0.480 e. The van der Waals surface area contributed by atoms with E-state index in [1.54, 1.807) is 0 Å². The van der Waals surface area contributed by atoms with E-state index < -0.39 is 60.4 Å². The van der Waals surface area contributed by atoms with Gasteiger partial charge in [0.15, 0.2) is 0 Å². The number of primary amides is 1. The average molecular weight is 493 g/mol. The molecule has 0 aromatic carbocycles. The second-order valence-corrected chi connectivity index (χ2v) is 8.37. The van der Waals surface area contributed by atoms with Crippen molar-refractivity contribution in [2.75, 3.05) is 25.2 Å². The third-order valence-electron chi connectivity index (χ3n) is 4.66. The van der Waals surface area contributed by atoms with Gasteiger partial charge in [-0.15, -0.1) is 0 Å². The summed E-state index contributed by atoms with van der Waals surface area (Å²) in [7, 11) is 0. The number of hydrogen-bond donors (Lipinski definition) is 8. The number of aliphatic hydroxyl groups excluding tert-OH is 1. The summed E-state index contributed by atoms with van der Waals surface area (Å²) in [6.07, 6.45) is 3.21. The number of aliphatic carboxylic acids is 1. The van der Waals surface area contributed by atoms with Gasteiger partial charge in [0.1, 0.15) is 18.1 Å². The van der Waals surface area contributed by atoms with Gasteiger partial charge in [0.2, 0.25) is 23.6 Å². The van der Waals surface area contributed by atoms with Gasteiger partial charge in [0.25, 0.3) is 0 Å². The minimum absolute atomic E-state index is 0.0138. The predicted octanol–water partition coefficient (Wildman–Crippen LogP) is -3.01. The molecule has 0 heterocycles. The van der Waals surface area contributed by atoms with E-state index in [1.807, 2.05) is 6.26 Å². The van der Waals surface area contributed by atoms with E-state index in [9.17, 15) is 24.0 Å². The number of nitrogens with one attached hydrogen (secondary N) is 3. The first-order valence-electron chi connectivity index (χ1n) is 10.5. The maximum Gasteiger partial charge on any atom is 0.328 e. The van der Waals surface area contributed by atoms with Gasteiger partial charge >= 0.3 is 5.97 Å². The summed E-state index contributed by atoms with van der Waals surface area (Å²) in [5.74, 6) is -3.59. The van der Waals surface area contributed by atoms with Gasteiger partial charge in [0, 0.05) is 6.42 Å². The van der Waals surface area contributed by atoms with Crippen LogP contribution in [0.5, 0.6) is 0 Å². The monoisotopic (exact) mass is 492 g/mol. The molecule has 0 aliphatic carbocycles. The molecule has 4 amide bonds. The van der Waals surface area contributed by atoms with E-state index in [1.165, 1.54) is 11.8 Å². The maximum absolute atomic E-state index is 12.9. The lowest BCUT2D eigenvalue weighted by Crippen LogP contribution is -2.57. The van der Waals surface area contributed by atoms with Crippen LogP contribution in [0.15, 0.2) is 0 Å². The molecule has 0 aromatic heterocycles. The van der Waals surface area contributed by atoms with E-state index in [4.69, 9.17) is 27.4 Å². The standard InChI is InChI=1S/C19H36N6O7S/c1-33-9-7-13(23-16(28)11(21)5-6-15(22)27)18(30)24-12(4-2-3-8-20)17(29)25-14(10-26)19(31)32/h11-14,26H,2-10,20-21H2,1H3,(H2,22,27)(H,23,28)(H,24,30)(H,25,29)(H,31,32). The summed E-state index contributed by atoms with van der Waals surface area (Å²) >= 11 is 1.44. The molecule has 0 aliphatic heterocycles. The van der Waals surface area contributed by atoms with Crippen molar-refractivity contribution in [2.45, 2.75) is 62.7 Å². The van der Waals surface area contributed by atoms with Crippen molar-refractivity contribution in [1.82, 2.24) is 16.0 Å². The molecule has 11 N–H and O–H groups in total. The van der Waals surface area contributed by atoms with Crippen LogP contribution >= 0.6 is 11.8 Å². The number of amides is 4. The van der Waals surface area contributed by atoms with Crippen molar-refractivity contribution >= 4 is 41.4 Å². The second kappa shape index (κ2) is 17.1. The minimum Gasteiger partial charge on any atom is -0.480 e. The zero-order valence-corrected chi connectivity index (χ0v) is 19.6. The first-order chi connectivity index (χ1) is 15.6. The number of nitrogens with two attached hydrogens (primary N) is 3. The molecule has 0 rings (SSSR count). The molecule has 33 heavy (non-hydrogen) atoms. The van der Waals surface area contributed by atoms with Gasteiger partial charge in [-0.25, -0.2) is 4.79 Å². The SMILES string of the molecule is CSCCC(NC(=O)C(N)CCC(N)=O)C(=O)NC(CCCCN)C(=O)NC(CO)C(=O)O. The molecular weight excluding hydrogens is 456 g/mol. The highest BCUT2D eigenvalue weighted by Gasteiger charge is 2.29. The zero-order chi connectivity index (χ0) is 25.4. The van der Waals surface area contributed by atoms with Crippen LogP contribution in [0.25, 0.3) is 0 Å². The average Bonchev–Trinajstić information content (AvgIpc) is 2.76. The van der Waals surface area contributed by atoms with Crippen LogP contribution in [0.1, 0.15) is 38.5 Å². The van der Waals surface area contributed by atoms with Crippen LogP contribution in [-0.2, 0) is 24.0 Å². The molecule has 0 aromatic rings. The lowest BCUT2D eigenvalue weighted by molar-refractivity contribution is -0.143. The summed E-state index contributed by atoms with van der Waals surface area (Å²) < 4.78 is 0. The van der Waals surface area contributed by atoms with Gasteiger partial charge in [-0.3, -0.25) is 19.2 Å². The van der Waals surface area contributed by atoms with Gasteiger partial charge < -0.3 is 43.4 Å². The van der Waals surface area contributed by atoms with Crippen molar-refractivity contribution in [3.05, 3.63) is 0 Å². The van der Waals surface area contributed by atoms with E-state index in [0.29, 0.717) is 25.1 Å². The summed E-state index contributed by atoms with van der Waals surface area (Å²) in [5.41, 5.74) is 16.3. The van der Waals surface area contributed by atoms with E-state index in [2.05, 4.69) is 16.0 Å². The number of carbonyl (C=O) groups is 5. The van der Waals surface area contributed by atoms with Gasteiger partial charge in [-0.1, -0.05) is 0 Å². The number of carbonyl (C=O) groups excluding carboxylic acids is 4. The fourth-order valence-corrected chi connectivity index (χ4v) is 3.18. The molecule has 0 saturated carbocycles. The van der Waals surface area contributed by atoms with Crippen LogP contribution < -0.4 is 33.2 Å². The van der Waals surface area contributed by atoms with Crippen molar-refractivity contribution in [3.8, 4) is 0 Å². The molecule has 0 bridgehead atoms. The number of unbranched alkanes of at least 4 members (excludes halogenated alkanes) is 1. The van der Waals surface area contributed by atoms with E-state index in [-0.39, 0.29) is 25.7 Å². The normalized spacial score (nSPS) is 14.4. The molecule has 0 radical (unpaired) electrons. The maximum atomic E-state index is 12.9. The number of aliphatic hydroxyl groups is 1. The van der Waals surface area contributed by atoms with Crippen molar-refractivity contribution in [3.63, 3.8) is 0 Å². The molecule has 4 unspecified atom stereocenters. The quantitative estimate of drug-likeness (QED) is 0.0901. The highest BCUT2D eigenvalue weighted by molar-refractivity contribution is 7.98. The van der Waals surface area contributed by atoms with Crippen LogP contribution in [-0.4, -0.2) is 89.1 Å². The molecule has 190 valence electrons. The minimum atomic E-state index is -1.53. The number of carboxylic acid groups (broad SMARTS) is 1. The van der Waals surface area contributed by atoms with Gasteiger partial charge in [-0.05, 0) is 50.7 Å². The Kier molecular flexibility index (Phi) is 15.9. The van der Waals surface area contributed by atoms with Crippen LogP contribution in [0, 0.1) is 0 Å². The highest BCUT2D eigenvalue weighted by Crippen LogP contribution is 2.06. The topological polar surface area (TPSA) is 240 Å². The molecule has 0 saturated heterocycles. The lowest BCUT2D eigenvalue weighted by Gasteiger charge is -2.25. The van der Waals surface area contributed by atoms with Crippen LogP contribution in [0.4, 0.5) is 0 Å². The highest BCUT2D eigenvalue weighted by atomic mass is 32.2. The van der Waals surface area contributed by atoms with Crippen molar-refractivity contribution in [2.24, 2.45) is 17.2 Å². The second-order valence-electron chi connectivity index (χ2n) is 7.38. The summed E-state index contributed by atoms with van der Waals surface area (Å²) in [6.45, 7) is -0.452. The number of carboxylic acids is 1. The smallest absolute Gasteiger partial charge is 0.328 e. The Bertz CT molecular complexity index is 667. The molecular formula is C19H36N6O7S. The van der Waals surface area contributed by atoms with Gasteiger partial charge in [0.05, 0.1) is 12.6 Å². The Morgan fingerprint density at radius 2 is 1.42 bits per heavy atom. The number of thioether (sulfide) groups is 1. The van der Waals surface area contributed by atoms with Crippen LogP contribution in [0.3, 0.4) is 0 Å². The fraction of sp³-hybridized carbons (Fsp3) is 0.737. The van der Waals surface area contributed by atoms with E-state index >= 15 is 0 Å². The molecule has 0 aliphatic rings. The van der Waals surface area contributed by atoms with E-state index in [0.717, 1.165) is 0 Å². The molecule has 0 spiro atoms. The molecule has 0 fully saturated rings. The molecule has 13 nitrogen and oxygen atoms in total. The van der Waals surface area contributed by atoms with Crippen LogP contribution in [0.2, 0.25) is 0 Å². The van der Waals surface area contributed by atoms with Crippen molar-refractivity contribution in [1.29, 1.82) is 0 Å². The first kappa shape index (κ1) is 30.6. The summed E-state index contributed by atoms with van der Waals surface area (Å²) in [6, 6.07) is -4.69. The Hall–Kier alpha value is -2.42. The Morgan fingerprint density at radius 3 is 1.91 bits per heavy atom. The Labute approximate surface area is 196 Å². The summed E-state index contributed by atoms with van der Waals surface area (Å²) in [5, 5.41) is 25.4. The Morgan fingerprint density at radius 1 is 0.879 bits per heavy atom. The third kappa shape index (κ3) is 13.0. The molecule has 14 heteroatoms. The number of hydrogen-bond acceptors (Lipinski definition) is 9. The van der Waals surface area contributed by atoms with Crippen molar-refractivity contribution < 1.29 is 34.2 Å². The van der Waals surface area contributed by atoms with Gasteiger partial charge in [-0.2, -0.15) is 11.8 Å². The number of rotatable bonds is 18. The molecule has 4 atom stereocenters. The Balaban J connectivity index is 5.34.